The Morgan fingerprint density at radius 3 is 2.89 bits per heavy atom. The Kier molecular flexibility index (Phi) is 4.36. The van der Waals surface area contributed by atoms with Crippen molar-refractivity contribution in [1.29, 1.82) is 0 Å². The van der Waals surface area contributed by atoms with Crippen LogP contribution >= 0.6 is 11.6 Å². The van der Waals surface area contributed by atoms with Crippen LogP contribution in [0.2, 0.25) is 0 Å². The summed E-state index contributed by atoms with van der Waals surface area (Å²) >= 11 is 6.18. The Balaban J connectivity index is 2.09. The molecule has 0 radical (unpaired) electrons. The zero-order chi connectivity index (χ0) is 13.0. The molecule has 0 spiro atoms. The second-order valence-electron chi connectivity index (χ2n) is 4.25. The predicted octanol–water partition coefficient (Wildman–Crippen LogP) is 2.62. The van der Waals surface area contributed by atoms with Crippen molar-refractivity contribution in [1.82, 2.24) is 24.5 Å². The lowest BCUT2D eigenvalue weighted by molar-refractivity contribution is 0.539. The van der Waals surface area contributed by atoms with E-state index in [2.05, 4.69) is 29.0 Å². The highest BCUT2D eigenvalue weighted by molar-refractivity contribution is 6.20. The number of halogens is 1. The van der Waals surface area contributed by atoms with Crippen molar-refractivity contribution in [2.45, 2.75) is 45.2 Å². The zero-order valence-corrected chi connectivity index (χ0v) is 11.5. The number of hydrogen-bond donors (Lipinski definition) is 0. The van der Waals surface area contributed by atoms with E-state index in [1.807, 2.05) is 21.8 Å². The SMILES string of the molecule is CCCn1ncnc1Cn1cc(C(Cl)CC)cn1. The first kappa shape index (κ1) is 13.1. The van der Waals surface area contributed by atoms with Gasteiger partial charge >= 0.3 is 0 Å². The third-order valence-electron chi connectivity index (χ3n) is 2.81. The van der Waals surface area contributed by atoms with Gasteiger partial charge in [-0.2, -0.15) is 10.2 Å². The highest BCUT2D eigenvalue weighted by atomic mass is 35.5. The van der Waals surface area contributed by atoms with E-state index in [-0.39, 0.29) is 5.38 Å². The van der Waals surface area contributed by atoms with E-state index in [1.54, 1.807) is 6.33 Å². The standard InChI is InChI=1S/C12H18ClN5/c1-3-5-18-12(14-9-16-18)8-17-7-10(6-15-17)11(13)4-2/h6-7,9,11H,3-5,8H2,1-2H3. The van der Waals surface area contributed by atoms with Crippen LogP contribution in [0.1, 0.15) is 43.5 Å². The van der Waals surface area contributed by atoms with Crippen LogP contribution in [0.15, 0.2) is 18.7 Å². The quantitative estimate of drug-likeness (QED) is 0.756. The largest absolute Gasteiger partial charge is 0.265 e. The lowest BCUT2D eigenvalue weighted by Crippen LogP contribution is -2.10. The third-order valence-corrected chi connectivity index (χ3v) is 3.37. The van der Waals surface area contributed by atoms with E-state index >= 15 is 0 Å². The number of rotatable bonds is 6. The Morgan fingerprint density at radius 2 is 2.17 bits per heavy atom. The summed E-state index contributed by atoms with van der Waals surface area (Å²) in [7, 11) is 0. The smallest absolute Gasteiger partial charge is 0.148 e. The summed E-state index contributed by atoms with van der Waals surface area (Å²) in [6, 6.07) is 0. The summed E-state index contributed by atoms with van der Waals surface area (Å²) in [6.45, 7) is 5.70. The van der Waals surface area contributed by atoms with Gasteiger partial charge in [0.05, 0.1) is 11.6 Å². The van der Waals surface area contributed by atoms with E-state index in [9.17, 15) is 0 Å². The van der Waals surface area contributed by atoms with Gasteiger partial charge in [0, 0.05) is 18.3 Å². The molecule has 0 fully saturated rings. The minimum atomic E-state index is 0.0345. The van der Waals surface area contributed by atoms with E-state index in [4.69, 9.17) is 11.6 Å². The van der Waals surface area contributed by atoms with Crippen molar-refractivity contribution in [3.8, 4) is 0 Å². The van der Waals surface area contributed by atoms with Gasteiger partial charge in [0.1, 0.15) is 18.7 Å². The lowest BCUT2D eigenvalue weighted by Gasteiger charge is -2.04. The lowest BCUT2D eigenvalue weighted by atomic mass is 10.2. The zero-order valence-electron chi connectivity index (χ0n) is 10.8. The number of hydrogen-bond acceptors (Lipinski definition) is 3. The van der Waals surface area contributed by atoms with Crippen molar-refractivity contribution in [3.05, 3.63) is 30.1 Å². The molecule has 0 amide bonds. The molecule has 0 aromatic carbocycles. The number of aromatic nitrogens is 5. The van der Waals surface area contributed by atoms with E-state index in [0.717, 1.165) is 30.8 Å². The van der Waals surface area contributed by atoms with Gasteiger partial charge in [-0.25, -0.2) is 9.67 Å². The van der Waals surface area contributed by atoms with Crippen LogP contribution in [0.4, 0.5) is 0 Å². The van der Waals surface area contributed by atoms with Gasteiger partial charge in [0.25, 0.3) is 0 Å². The fourth-order valence-electron chi connectivity index (χ4n) is 1.82. The van der Waals surface area contributed by atoms with Crippen LogP contribution in [0.25, 0.3) is 0 Å². The van der Waals surface area contributed by atoms with E-state index in [1.165, 1.54) is 0 Å². The molecule has 2 aromatic rings. The van der Waals surface area contributed by atoms with Gasteiger partial charge in [-0.05, 0) is 12.8 Å². The van der Waals surface area contributed by atoms with E-state index in [0.29, 0.717) is 6.54 Å². The van der Waals surface area contributed by atoms with Crippen molar-refractivity contribution >= 4 is 11.6 Å². The van der Waals surface area contributed by atoms with Gasteiger partial charge < -0.3 is 0 Å². The van der Waals surface area contributed by atoms with Crippen LogP contribution in [0.5, 0.6) is 0 Å². The summed E-state index contributed by atoms with van der Waals surface area (Å²) in [5.41, 5.74) is 1.06. The second kappa shape index (κ2) is 6.00. The molecule has 0 saturated carbocycles. The van der Waals surface area contributed by atoms with E-state index < -0.39 is 0 Å². The van der Waals surface area contributed by atoms with Crippen LogP contribution in [-0.4, -0.2) is 24.5 Å². The molecule has 98 valence electrons. The van der Waals surface area contributed by atoms with Crippen LogP contribution < -0.4 is 0 Å². The molecule has 1 atom stereocenters. The average molecular weight is 268 g/mol. The first-order chi connectivity index (χ1) is 8.74. The minimum Gasteiger partial charge on any atom is -0.265 e. The Morgan fingerprint density at radius 1 is 1.33 bits per heavy atom. The molecule has 18 heavy (non-hydrogen) atoms. The van der Waals surface area contributed by atoms with Crippen molar-refractivity contribution in [2.24, 2.45) is 0 Å². The van der Waals surface area contributed by atoms with Gasteiger partial charge in [0.15, 0.2) is 0 Å². The fraction of sp³-hybridized carbons (Fsp3) is 0.583. The first-order valence-electron chi connectivity index (χ1n) is 6.27. The van der Waals surface area contributed by atoms with Crippen molar-refractivity contribution < 1.29 is 0 Å². The summed E-state index contributed by atoms with van der Waals surface area (Å²) in [5.74, 6) is 0.925. The molecule has 0 N–H and O–H groups in total. The third kappa shape index (κ3) is 2.90. The van der Waals surface area contributed by atoms with Crippen LogP contribution in [0.3, 0.4) is 0 Å². The summed E-state index contributed by atoms with van der Waals surface area (Å²) in [5, 5.41) is 8.55. The maximum Gasteiger partial charge on any atom is 0.148 e. The van der Waals surface area contributed by atoms with Gasteiger partial charge in [-0.1, -0.05) is 13.8 Å². The topological polar surface area (TPSA) is 48.5 Å². The molecule has 0 aliphatic rings. The number of nitrogens with zero attached hydrogens (tertiary/aromatic N) is 5. The van der Waals surface area contributed by atoms with Gasteiger partial charge in [0.2, 0.25) is 0 Å². The predicted molar refractivity (Wildman–Crippen MR) is 70.5 cm³/mol. The summed E-state index contributed by atoms with van der Waals surface area (Å²) in [6.07, 6.45) is 7.33. The Bertz CT molecular complexity index is 490. The van der Waals surface area contributed by atoms with Crippen molar-refractivity contribution in [2.75, 3.05) is 0 Å². The highest BCUT2D eigenvalue weighted by Gasteiger charge is 2.10. The fourth-order valence-corrected chi connectivity index (χ4v) is 1.93. The molecule has 2 aromatic heterocycles. The van der Waals surface area contributed by atoms with Gasteiger partial charge in [-0.3, -0.25) is 4.68 Å². The number of alkyl halides is 1. The molecule has 5 nitrogen and oxygen atoms in total. The average Bonchev–Trinajstić information content (AvgIpc) is 3.00. The molecule has 0 aliphatic heterocycles. The first-order valence-corrected chi connectivity index (χ1v) is 6.71. The molecule has 6 heteroatoms. The summed E-state index contributed by atoms with van der Waals surface area (Å²) < 4.78 is 3.77. The minimum absolute atomic E-state index is 0.0345. The normalized spacial score (nSPS) is 12.8. The monoisotopic (exact) mass is 267 g/mol. The molecule has 1 unspecified atom stereocenters. The molecular formula is C12H18ClN5. The highest BCUT2D eigenvalue weighted by Crippen LogP contribution is 2.22. The van der Waals surface area contributed by atoms with Gasteiger partial charge in [-0.15, -0.1) is 11.6 Å². The maximum absolute atomic E-state index is 6.18. The molecule has 0 aliphatic carbocycles. The van der Waals surface area contributed by atoms with Crippen molar-refractivity contribution in [3.63, 3.8) is 0 Å². The maximum atomic E-state index is 6.18. The number of aryl methyl sites for hydroxylation is 1. The molecule has 0 saturated heterocycles. The molecule has 0 bridgehead atoms. The molecule has 2 heterocycles. The Hall–Kier alpha value is -1.36. The van der Waals surface area contributed by atoms with Crippen LogP contribution in [0, 0.1) is 0 Å². The second-order valence-corrected chi connectivity index (χ2v) is 4.77. The Labute approximate surface area is 112 Å². The van der Waals surface area contributed by atoms with Crippen LogP contribution in [-0.2, 0) is 13.1 Å². The molecular weight excluding hydrogens is 250 g/mol. The molecule has 2 rings (SSSR count). The summed E-state index contributed by atoms with van der Waals surface area (Å²) in [4.78, 5) is 4.26.